The molecule has 0 saturated carbocycles. The summed E-state index contributed by atoms with van der Waals surface area (Å²) in [6, 6.07) is 0.827. The number of likely N-dealkylation sites (tertiary alicyclic amines) is 1. The lowest BCUT2D eigenvalue weighted by Crippen LogP contribution is -2.60. The van der Waals surface area contributed by atoms with Crippen LogP contribution in [-0.2, 0) is 4.74 Å². The molecule has 2 aliphatic rings. The van der Waals surface area contributed by atoms with Crippen LogP contribution < -0.4 is 11.1 Å². The van der Waals surface area contributed by atoms with Crippen LogP contribution in [0.2, 0.25) is 0 Å². The van der Waals surface area contributed by atoms with E-state index < -0.39 is 0 Å². The zero-order valence-electron chi connectivity index (χ0n) is 12.7. The van der Waals surface area contributed by atoms with E-state index >= 15 is 0 Å². The van der Waals surface area contributed by atoms with Gasteiger partial charge in [0.2, 0.25) is 0 Å². The van der Waals surface area contributed by atoms with Gasteiger partial charge in [0.1, 0.15) is 0 Å². The molecule has 2 heterocycles. The number of rotatable bonds is 4. The molecule has 2 fully saturated rings. The van der Waals surface area contributed by atoms with Crippen LogP contribution in [0.1, 0.15) is 19.3 Å². The molecule has 0 aromatic carbocycles. The number of hydrogen-bond donors (Lipinski definition) is 2. The Labute approximate surface area is 117 Å². The molecule has 0 bridgehead atoms. The maximum atomic E-state index is 6.25. The quantitative estimate of drug-likeness (QED) is 0.736. The highest BCUT2D eigenvalue weighted by atomic mass is 16.5. The van der Waals surface area contributed by atoms with Gasteiger partial charge in [0.15, 0.2) is 0 Å². The van der Waals surface area contributed by atoms with E-state index in [1.54, 1.807) is 0 Å². The largest absolute Gasteiger partial charge is 0.377 e. The first-order valence-electron chi connectivity index (χ1n) is 7.46. The van der Waals surface area contributed by atoms with E-state index in [0.717, 1.165) is 45.6 Å². The molecule has 5 nitrogen and oxygen atoms in total. The Morgan fingerprint density at radius 2 is 2.05 bits per heavy atom. The van der Waals surface area contributed by atoms with E-state index in [4.69, 9.17) is 10.5 Å². The second kappa shape index (κ2) is 6.50. The molecule has 19 heavy (non-hydrogen) atoms. The van der Waals surface area contributed by atoms with Crippen molar-refractivity contribution >= 4 is 0 Å². The van der Waals surface area contributed by atoms with Gasteiger partial charge in [-0.2, -0.15) is 0 Å². The summed E-state index contributed by atoms with van der Waals surface area (Å²) in [5.41, 5.74) is 6.29. The van der Waals surface area contributed by atoms with Gasteiger partial charge < -0.3 is 20.7 Å². The highest BCUT2D eigenvalue weighted by Gasteiger charge is 2.38. The van der Waals surface area contributed by atoms with Crippen LogP contribution >= 0.6 is 0 Å². The second-order valence-corrected chi connectivity index (χ2v) is 6.38. The highest BCUT2D eigenvalue weighted by Crippen LogP contribution is 2.28. The Bertz CT molecular complexity index is 277. The minimum Gasteiger partial charge on any atom is -0.377 e. The summed E-state index contributed by atoms with van der Waals surface area (Å²) in [5.74, 6) is 0. The van der Waals surface area contributed by atoms with Crippen LogP contribution in [-0.4, -0.2) is 81.4 Å². The second-order valence-electron chi connectivity index (χ2n) is 6.38. The topological polar surface area (TPSA) is 53.8 Å². The van der Waals surface area contributed by atoms with Crippen molar-refractivity contribution in [2.75, 3.05) is 53.9 Å². The van der Waals surface area contributed by atoms with Crippen molar-refractivity contribution in [2.24, 2.45) is 5.73 Å². The molecule has 0 aromatic rings. The third-order valence-electron chi connectivity index (χ3n) is 4.71. The van der Waals surface area contributed by atoms with Gasteiger partial charge in [-0.05, 0) is 39.9 Å². The SMILES string of the molecule is COC1(CN(C)C)CCN(C2CCNCC2N)CC1. The Morgan fingerprint density at radius 3 is 2.58 bits per heavy atom. The van der Waals surface area contributed by atoms with E-state index in [1.807, 2.05) is 7.11 Å². The number of likely N-dealkylation sites (N-methyl/N-ethyl adjacent to an activating group) is 1. The van der Waals surface area contributed by atoms with Crippen molar-refractivity contribution in [1.82, 2.24) is 15.1 Å². The Balaban J connectivity index is 1.90. The third-order valence-corrected chi connectivity index (χ3v) is 4.71. The average molecular weight is 270 g/mol. The van der Waals surface area contributed by atoms with Crippen molar-refractivity contribution in [1.29, 1.82) is 0 Å². The summed E-state index contributed by atoms with van der Waals surface area (Å²) in [6.07, 6.45) is 3.39. The molecule has 2 unspecified atom stereocenters. The van der Waals surface area contributed by atoms with Gasteiger partial charge in [-0.3, -0.25) is 4.90 Å². The normalized spacial score (nSPS) is 32.7. The summed E-state index contributed by atoms with van der Waals surface area (Å²) in [4.78, 5) is 4.81. The first-order valence-corrected chi connectivity index (χ1v) is 7.46. The maximum absolute atomic E-state index is 6.25. The minimum atomic E-state index is 0.0387. The lowest BCUT2D eigenvalue weighted by Gasteiger charge is -2.47. The smallest absolute Gasteiger partial charge is 0.0829 e. The van der Waals surface area contributed by atoms with Crippen molar-refractivity contribution in [3.8, 4) is 0 Å². The number of nitrogens with two attached hydrogens (primary N) is 1. The van der Waals surface area contributed by atoms with Crippen molar-refractivity contribution < 1.29 is 4.74 Å². The fourth-order valence-corrected chi connectivity index (χ4v) is 3.59. The van der Waals surface area contributed by atoms with E-state index in [9.17, 15) is 0 Å². The fourth-order valence-electron chi connectivity index (χ4n) is 3.59. The zero-order valence-corrected chi connectivity index (χ0v) is 12.7. The standard InChI is InChI=1S/C14H30N4O/c1-17(2)11-14(19-3)5-8-18(9-6-14)13-4-7-16-10-12(13)15/h12-13,16H,4-11,15H2,1-3H3. The van der Waals surface area contributed by atoms with Gasteiger partial charge >= 0.3 is 0 Å². The van der Waals surface area contributed by atoms with Crippen LogP contribution in [0.15, 0.2) is 0 Å². The van der Waals surface area contributed by atoms with Crippen molar-refractivity contribution in [3.63, 3.8) is 0 Å². The van der Waals surface area contributed by atoms with Gasteiger partial charge in [0, 0.05) is 45.4 Å². The predicted molar refractivity (Wildman–Crippen MR) is 78.4 cm³/mol. The molecule has 2 rings (SSSR count). The molecule has 2 atom stereocenters. The fraction of sp³-hybridized carbons (Fsp3) is 1.00. The minimum absolute atomic E-state index is 0.0387. The summed E-state index contributed by atoms with van der Waals surface area (Å²) in [7, 11) is 6.10. The molecule has 0 radical (unpaired) electrons. The van der Waals surface area contributed by atoms with Crippen LogP contribution in [0.3, 0.4) is 0 Å². The summed E-state index contributed by atoms with van der Waals surface area (Å²) >= 11 is 0. The van der Waals surface area contributed by atoms with Gasteiger partial charge in [-0.25, -0.2) is 0 Å². The highest BCUT2D eigenvalue weighted by molar-refractivity contribution is 4.95. The van der Waals surface area contributed by atoms with Gasteiger partial charge in [0.05, 0.1) is 5.60 Å². The van der Waals surface area contributed by atoms with E-state index in [2.05, 4.69) is 29.2 Å². The number of nitrogens with one attached hydrogen (secondary N) is 1. The van der Waals surface area contributed by atoms with Gasteiger partial charge in [-0.15, -0.1) is 0 Å². The molecule has 0 spiro atoms. The number of piperidine rings is 2. The predicted octanol–water partition coefficient (Wildman–Crippen LogP) is -0.282. The number of methoxy groups -OCH3 is 1. The summed E-state index contributed by atoms with van der Waals surface area (Å²) in [6.45, 7) is 5.28. The average Bonchev–Trinajstić information content (AvgIpc) is 2.40. The zero-order chi connectivity index (χ0) is 13.9. The molecular weight excluding hydrogens is 240 g/mol. The van der Waals surface area contributed by atoms with Crippen molar-refractivity contribution in [3.05, 3.63) is 0 Å². The van der Waals surface area contributed by atoms with Crippen molar-refractivity contribution in [2.45, 2.75) is 36.9 Å². The molecule has 0 amide bonds. The molecule has 112 valence electrons. The summed E-state index contributed by atoms with van der Waals surface area (Å²) in [5, 5.41) is 3.37. The molecular formula is C14H30N4O. The van der Waals surface area contributed by atoms with E-state index in [0.29, 0.717) is 6.04 Å². The lowest BCUT2D eigenvalue weighted by molar-refractivity contribution is -0.0786. The number of ether oxygens (including phenoxy) is 1. The van der Waals surface area contributed by atoms with Crippen LogP contribution in [0.4, 0.5) is 0 Å². The maximum Gasteiger partial charge on any atom is 0.0829 e. The Morgan fingerprint density at radius 1 is 1.37 bits per heavy atom. The molecule has 2 saturated heterocycles. The number of hydrogen-bond acceptors (Lipinski definition) is 5. The molecule has 0 aliphatic carbocycles. The van der Waals surface area contributed by atoms with Gasteiger partial charge in [0.25, 0.3) is 0 Å². The number of nitrogens with zero attached hydrogens (tertiary/aromatic N) is 2. The van der Waals surface area contributed by atoms with Crippen LogP contribution in [0.25, 0.3) is 0 Å². The lowest BCUT2D eigenvalue weighted by atomic mass is 9.88. The van der Waals surface area contributed by atoms with E-state index in [1.165, 1.54) is 6.42 Å². The molecule has 5 heteroatoms. The van der Waals surface area contributed by atoms with Crippen LogP contribution in [0, 0.1) is 0 Å². The van der Waals surface area contributed by atoms with Crippen LogP contribution in [0.5, 0.6) is 0 Å². The Kier molecular flexibility index (Phi) is 5.20. The Hall–Kier alpha value is -0.200. The van der Waals surface area contributed by atoms with Gasteiger partial charge in [-0.1, -0.05) is 0 Å². The van der Waals surface area contributed by atoms with E-state index in [-0.39, 0.29) is 11.6 Å². The summed E-state index contributed by atoms with van der Waals surface area (Å²) < 4.78 is 5.84. The third kappa shape index (κ3) is 3.67. The molecule has 3 N–H and O–H groups in total. The molecule has 0 aromatic heterocycles. The first kappa shape index (κ1) is 15.2. The monoisotopic (exact) mass is 270 g/mol. The molecule has 2 aliphatic heterocycles. The first-order chi connectivity index (χ1) is 9.06.